The third kappa shape index (κ3) is 4.74. The number of fused-ring (bicyclic) bond motifs is 1. The second-order valence-electron chi connectivity index (χ2n) is 9.41. The van der Waals surface area contributed by atoms with Crippen molar-refractivity contribution >= 4 is 5.69 Å². The predicted octanol–water partition coefficient (Wildman–Crippen LogP) is 1.92. The topological polar surface area (TPSA) is 112 Å². The second kappa shape index (κ2) is 10.1. The molecule has 0 spiro atoms. The zero-order valence-electron chi connectivity index (χ0n) is 19.1. The molecule has 8 nitrogen and oxygen atoms in total. The molecule has 2 aromatic rings. The lowest BCUT2D eigenvalue weighted by molar-refractivity contribution is -0.231. The third-order valence-corrected chi connectivity index (χ3v) is 7.06. The van der Waals surface area contributed by atoms with Crippen molar-refractivity contribution in [2.24, 2.45) is 0 Å². The summed E-state index contributed by atoms with van der Waals surface area (Å²) in [5, 5.41) is 40.3. The maximum absolute atomic E-state index is 10.5. The molecule has 3 aliphatic rings. The highest BCUT2D eigenvalue weighted by atomic mass is 16.5. The number of hydrogen-bond donors (Lipinski definition) is 4. The van der Waals surface area contributed by atoms with Crippen LogP contribution in [0.5, 0.6) is 11.5 Å². The Kier molecular flexibility index (Phi) is 6.94. The lowest BCUT2D eigenvalue weighted by Crippen LogP contribution is -2.55. The molecule has 1 saturated carbocycles. The molecule has 2 aromatic carbocycles. The Hall–Kier alpha value is -2.36. The van der Waals surface area contributed by atoms with Crippen LogP contribution in [0, 0.1) is 0 Å². The summed E-state index contributed by atoms with van der Waals surface area (Å²) in [6.07, 6.45) is -0.869. The smallest absolute Gasteiger partial charge is 0.142 e. The summed E-state index contributed by atoms with van der Waals surface area (Å²) in [7, 11) is 0. The fourth-order valence-corrected chi connectivity index (χ4v) is 5.10. The zero-order valence-corrected chi connectivity index (χ0v) is 19.1. The first kappa shape index (κ1) is 23.4. The van der Waals surface area contributed by atoms with E-state index < -0.39 is 37.1 Å². The van der Waals surface area contributed by atoms with Crippen LogP contribution < -0.4 is 14.4 Å². The Morgan fingerprint density at radius 2 is 1.71 bits per heavy atom. The molecule has 1 aliphatic carbocycles. The predicted molar refractivity (Wildman–Crippen MR) is 125 cm³/mol. The summed E-state index contributed by atoms with van der Waals surface area (Å²) in [5.41, 5.74) is 2.66. The molecule has 0 aromatic heterocycles. The maximum atomic E-state index is 10.5. The van der Waals surface area contributed by atoms with Crippen LogP contribution in [0.2, 0.25) is 0 Å². The molecule has 1 saturated heterocycles. The number of rotatable bonds is 6. The molecule has 34 heavy (non-hydrogen) atoms. The van der Waals surface area contributed by atoms with Crippen molar-refractivity contribution in [3.63, 3.8) is 0 Å². The summed E-state index contributed by atoms with van der Waals surface area (Å²) in [6.45, 7) is 1.49. The van der Waals surface area contributed by atoms with Crippen LogP contribution >= 0.6 is 0 Å². The minimum Gasteiger partial charge on any atom is -0.490 e. The van der Waals surface area contributed by atoms with Crippen molar-refractivity contribution in [1.82, 2.24) is 0 Å². The Bertz CT molecular complexity index is 960. The van der Waals surface area contributed by atoms with E-state index in [1.54, 1.807) is 6.07 Å². The molecule has 4 N–H and O–H groups in total. The van der Waals surface area contributed by atoms with Crippen molar-refractivity contribution in [3.8, 4) is 11.5 Å². The van der Waals surface area contributed by atoms with Crippen molar-refractivity contribution in [3.05, 3.63) is 53.6 Å². The van der Waals surface area contributed by atoms with E-state index >= 15 is 0 Å². The van der Waals surface area contributed by atoms with Gasteiger partial charge in [0.05, 0.1) is 24.9 Å². The zero-order chi connectivity index (χ0) is 23.7. The Morgan fingerprint density at radius 3 is 2.44 bits per heavy atom. The molecule has 5 rings (SSSR count). The number of aliphatic hydroxyl groups is 4. The summed E-state index contributed by atoms with van der Waals surface area (Å²) in [6, 6.07) is 13.7. The highest BCUT2D eigenvalue weighted by molar-refractivity contribution is 5.62. The number of benzene rings is 2. The fourth-order valence-electron chi connectivity index (χ4n) is 5.10. The monoisotopic (exact) mass is 471 g/mol. The van der Waals surface area contributed by atoms with Crippen LogP contribution in [0.25, 0.3) is 0 Å². The van der Waals surface area contributed by atoms with Gasteiger partial charge in [0, 0.05) is 6.54 Å². The first-order valence-corrected chi connectivity index (χ1v) is 12.1. The lowest BCUT2D eigenvalue weighted by Gasteiger charge is -2.40. The molecule has 2 heterocycles. The van der Waals surface area contributed by atoms with Gasteiger partial charge < -0.3 is 39.5 Å². The summed E-state index contributed by atoms with van der Waals surface area (Å²) in [4.78, 5) is 2.21. The quantitative estimate of drug-likeness (QED) is 0.506. The molecule has 0 bridgehead atoms. The van der Waals surface area contributed by atoms with Gasteiger partial charge in [0.1, 0.15) is 48.6 Å². The number of anilines is 1. The van der Waals surface area contributed by atoms with Crippen molar-refractivity contribution in [2.75, 3.05) is 24.7 Å². The third-order valence-electron chi connectivity index (χ3n) is 7.06. The first-order valence-electron chi connectivity index (χ1n) is 12.1. The van der Waals surface area contributed by atoms with Crippen LogP contribution in [0.3, 0.4) is 0 Å². The lowest BCUT2D eigenvalue weighted by atomic mass is 9.91. The van der Waals surface area contributed by atoms with Gasteiger partial charge in [-0.1, -0.05) is 18.2 Å². The van der Waals surface area contributed by atoms with Gasteiger partial charge in [0.2, 0.25) is 0 Å². The van der Waals surface area contributed by atoms with Crippen LogP contribution in [0.1, 0.15) is 42.9 Å². The molecular formula is C26H33NO7. The standard InChI is InChI=1S/C26H33NO7/c28-15-22-23(29)24(30)25(31)26(34-22)17-7-10-21-20(13-17)27(11-12-32-21)14-16-5-8-19(9-6-16)33-18-3-1-2-4-18/h5-10,13,18,22-26,28-31H,1-4,11-12,14-15H2/t22-,23-,24+,25-,26+/m1/s1. The van der Waals surface area contributed by atoms with E-state index in [0.717, 1.165) is 35.6 Å². The molecule has 0 unspecified atom stereocenters. The number of ether oxygens (including phenoxy) is 3. The normalized spacial score (nSPS) is 29.5. The molecular weight excluding hydrogens is 438 g/mol. The Labute approximate surface area is 199 Å². The number of hydrogen-bond acceptors (Lipinski definition) is 8. The summed E-state index contributed by atoms with van der Waals surface area (Å²) >= 11 is 0. The van der Waals surface area contributed by atoms with Gasteiger partial charge in [0.25, 0.3) is 0 Å². The average molecular weight is 472 g/mol. The van der Waals surface area contributed by atoms with Gasteiger partial charge in [-0.2, -0.15) is 0 Å². The number of nitrogens with zero attached hydrogens (tertiary/aromatic N) is 1. The van der Waals surface area contributed by atoms with Crippen LogP contribution in [-0.2, 0) is 11.3 Å². The van der Waals surface area contributed by atoms with Crippen molar-refractivity contribution in [1.29, 1.82) is 0 Å². The molecule has 184 valence electrons. The highest BCUT2D eigenvalue weighted by Gasteiger charge is 2.44. The van der Waals surface area contributed by atoms with Gasteiger partial charge >= 0.3 is 0 Å². The van der Waals surface area contributed by atoms with Crippen LogP contribution in [-0.4, -0.2) is 70.7 Å². The molecule has 0 amide bonds. The Morgan fingerprint density at radius 1 is 0.941 bits per heavy atom. The van der Waals surface area contributed by atoms with Gasteiger partial charge in [0.15, 0.2) is 0 Å². The van der Waals surface area contributed by atoms with E-state index in [1.807, 2.05) is 24.3 Å². The van der Waals surface area contributed by atoms with Gasteiger partial charge in [-0.15, -0.1) is 0 Å². The van der Waals surface area contributed by atoms with E-state index in [1.165, 1.54) is 12.8 Å². The van der Waals surface area contributed by atoms with Gasteiger partial charge in [-0.05, 0) is 61.1 Å². The summed E-state index contributed by atoms with van der Waals surface area (Å²) in [5.74, 6) is 1.64. The van der Waals surface area contributed by atoms with E-state index in [-0.39, 0.29) is 0 Å². The van der Waals surface area contributed by atoms with E-state index in [2.05, 4.69) is 17.0 Å². The van der Waals surface area contributed by atoms with Crippen molar-refractivity contribution in [2.45, 2.75) is 68.9 Å². The van der Waals surface area contributed by atoms with Gasteiger partial charge in [-0.25, -0.2) is 0 Å². The largest absolute Gasteiger partial charge is 0.490 e. The van der Waals surface area contributed by atoms with E-state index in [4.69, 9.17) is 14.2 Å². The molecule has 8 heteroatoms. The van der Waals surface area contributed by atoms with E-state index in [0.29, 0.717) is 31.4 Å². The Balaban J connectivity index is 1.32. The minimum atomic E-state index is -1.41. The van der Waals surface area contributed by atoms with Crippen LogP contribution in [0.15, 0.2) is 42.5 Å². The fraction of sp³-hybridized carbons (Fsp3) is 0.538. The molecule has 0 radical (unpaired) electrons. The minimum absolute atomic E-state index is 0.331. The molecule has 2 aliphatic heterocycles. The first-order chi connectivity index (χ1) is 16.5. The molecule has 2 fully saturated rings. The SMILES string of the molecule is OC[C@H]1O[C@@H](c2ccc3c(c2)N(Cc2ccc(OC4CCCC4)cc2)CCO3)[C@H](O)[C@@H](O)[C@@H]1O. The molecule has 5 atom stereocenters. The van der Waals surface area contributed by atoms with E-state index in [9.17, 15) is 20.4 Å². The van der Waals surface area contributed by atoms with Gasteiger partial charge in [-0.3, -0.25) is 0 Å². The summed E-state index contributed by atoms with van der Waals surface area (Å²) < 4.78 is 17.7. The second-order valence-corrected chi connectivity index (χ2v) is 9.41. The van der Waals surface area contributed by atoms with Crippen LogP contribution in [0.4, 0.5) is 5.69 Å². The van der Waals surface area contributed by atoms with Crippen molar-refractivity contribution < 1.29 is 34.6 Å². The highest BCUT2D eigenvalue weighted by Crippen LogP contribution is 2.39. The maximum Gasteiger partial charge on any atom is 0.142 e. The number of aliphatic hydroxyl groups excluding tert-OH is 4. The average Bonchev–Trinajstić information content (AvgIpc) is 3.37.